The van der Waals surface area contributed by atoms with E-state index in [0.29, 0.717) is 19.4 Å². The zero-order chi connectivity index (χ0) is 19.1. The molecule has 0 amide bonds. The van der Waals surface area contributed by atoms with Crippen LogP contribution in [0.25, 0.3) is 0 Å². The van der Waals surface area contributed by atoms with Gasteiger partial charge in [-0.25, -0.2) is 13.9 Å². The smallest absolute Gasteiger partial charge is 0.342 e. The van der Waals surface area contributed by atoms with Gasteiger partial charge in [0.1, 0.15) is 5.69 Å². The topological polar surface area (TPSA) is 104 Å². The molecule has 25 heavy (non-hydrogen) atoms. The number of hydrogen-bond donors (Lipinski definition) is 0. The highest BCUT2D eigenvalue weighted by Crippen LogP contribution is 2.16. The number of alkyl halides is 1. The Morgan fingerprint density at radius 2 is 1.56 bits per heavy atom. The number of Topliss-reactive ketones (excluding diaryl/α,β-unsaturated/α-hetero) is 1. The Bertz CT molecular complexity index is 747. The number of ether oxygens (including phenoxy) is 1. The fourth-order valence-electron chi connectivity index (χ4n) is 2.48. The second kappa shape index (κ2) is 9.45. The fraction of sp³-hybridized carbons (Fsp3) is 0.562. The van der Waals surface area contributed by atoms with E-state index in [-0.39, 0.29) is 35.5 Å². The van der Waals surface area contributed by atoms with E-state index in [9.17, 15) is 24.0 Å². The second-order valence-electron chi connectivity index (χ2n) is 5.36. The van der Waals surface area contributed by atoms with Crippen LogP contribution in [0.15, 0.2) is 4.79 Å². The molecule has 0 unspecified atom stereocenters. The first-order chi connectivity index (χ1) is 11.8. The highest BCUT2D eigenvalue weighted by atomic mass is 79.9. The zero-order valence-corrected chi connectivity index (χ0v) is 16.1. The number of carbonyl (C=O) groups is 4. The number of ketones is 1. The Labute approximate surface area is 153 Å². The second-order valence-corrected chi connectivity index (χ2v) is 5.92. The summed E-state index contributed by atoms with van der Waals surface area (Å²) in [6.45, 7) is 4.35. The van der Waals surface area contributed by atoms with E-state index in [2.05, 4.69) is 15.9 Å². The standard InChI is InChI=1S/C16H21BrN2O6/c1-4-25-14(23)8-6-5-7-13(22)15-12(9-17)18(10(2)20)16(24)19(15)11(3)21/h4-9H2,1-3H3. The maximum atomic E-state index is 12.5. The maximum absolute atomic E-state index is 12.5. The lowest BCUT2D eigenvalue weighted by molar-refractivity contribution is -0.143. The van der Waals surface area contributed by atoms with Gasteiger partial charge in [-0.15, -0.1) is 0 Å². The molecule has 0 saturated heterocycles. The summed E-state index contributed by atoms with van der Waals surface area (Å²) in [5.74, 6) is -1.97. The number of carbonyl (C=O) groups excluding carboxylic acids is 4. The Kier molecular flexibility index (Phi) is 7.95. The molecule has 0 aliphatic heterocycles. The lowest BCUT2D eigenvalue weighted by Crippen LogP contribution is -2.31. The number of hydrogen-bond acceptors (Lipinski definition) is 6. The molecular formula is C16H21BrN2O6. The number of rotatable bonds is 8. The molecule has 1 rings (SSSR count). The van der Waals surface area contributed by atoms with E-state index in [1.54, 1.807) is 6.92 Å². The first-order valence-electron chi connectivity index (χ1n) is 7.89. The van der Waals surface area contributed by atoms with Gasteiger partial charge < -0.3 is 4.74 Å². The van der Waals surface area contributed by atoms with Crippen molar-refractivity contribution >= 4 is 39.5 Å². The van der Waals surface area contributed by atoms with Gasteiger partial charge in [-0.3, -0.25) is 19.2 Å². The van der Waals surface area contributed by atoms with E-state index >= 15 is 0 Å². The van der Waals surface area contributed by atoms with Crippen LogP contribution < -0.4 is 5.69 Å². The Morgan fingerprint density at radius 1 is 1.00 bits per heavy atom. The molecule has 0 aliphatic rings. The minimum atomic E-state index is -0.843. The Balaban J connectivity index is 3.03. The Morgan fingerprint density at radius 3 is 2.04 bits per heavy atom. The van der Waals surface area contributed by atoms with Gasteiger partial charge >= 0.3 is 11.7 Å². The molecule has 1 aromatic rings. The minimum Gasteiger partial charge on any atom is -0.466 e. The fourth-order valence-corrected chi connectivity index (χ4v) is 2.99. The van der Waals surface area contributed by atoms with Crippen LogP contribution in [0.1, 0.15) is 72.2 Å². The molecule has 9 heteroatoms. The number of esters is 1. The van der Waals surface area contributed by atoms with Crippen molar-refractivity contribution in [1.29, 1.82) is 0 Å². The van der Waals surface area contributed by atoms with E-state index in [1.165, 1.54) is 6.92 Å². The summed E-state index contributed by atoms with van der Waals surface area (Å²) < 4.78 is 6.35. The van der Waals surface area contributed by atoms with Crippen molar-refractivity contribution in [1.82, 2.24) is 9.13 Å². The molecule has 1 aromatic heterocycles. The van der Waals surface area contributed by atoms with E-state index in [1.807, 2.05) is 0 Å². The van der Waals surface area contributed by atoms with Crippen LogP contribution in [0.2, 0.25) is 0 Å². The van der Waals surface area contributed by atoms with Gasteiger partial charge in [-0.1, -0.05) is 15.9 Å². The largest absolute Gasteiger partial charge is 0.466 e. The number of aromatic nitrogens is 2. The van der Waals surface area contributed by atoms with Crippen molar-refractivity contribution in [2.45, 2.75) is 51.8 Å². The van der Waals surface area contributed by atoms with Crippen molar-refractivity contribution in [3.63, 3.8) is 0 Å². The molecule has 0 aromatic carbocycles. The first kappa shape index (κ1) is 21.0. The molecule has 0 saturated carbocycles. The first-order valence-corrected chi connectivity index (χ1v) is 9.01. The predicted octanol–water partition coefficient (Wildman–Crippen LogP) is 2.17. The molecule has 0 fully saturated rings. The van der Waals surface area contributed by atoms with E-state index in [4.69, 9.17) is 4.74 Å². The van der Waals surface area contributed by atoms with Crippen molar-refractivity contribution in [2.24, 2.45) is 0 Å². The minimum absolute atomic E-state index is 0.0496. The number of unbranched alkanes of at least 4 members (excludes halogenated alkanes) is 1. The summed E-state index contributed by atoms with van der Waals surface area (Å²) in [5.41, 5.74) is -0.770. The summed E-state index contributed by atoms with van der Waals surface area (Å²) in [4.78, 5) is 59.6. The summed E-state index contributed by atoms with van der Waals surface area (Å²) in [5, 5.41) is 0.0754. The van der Waals surface area contributed by atoms with Gasteiger partial charge in [0.2, 0.25) is 11.8 Å². The number of nitrogens with zero attached hydrogens (tertiary/aromatic N) is 2. The SMILES string of the molecule is CCOC(=O)CCCCC(=O)c1c(CBr)n(C(C)=O)c(=O)n1C(C)=O. The highest BCUT2D eigenvalue weighted by Gasteiger charge is 2.27. The van der Waals surface area contributed by atoms with Gasteiger partial charge in [-0.2, -0.15) is 0 Å². The van der Waals surface area contributed by atoms with Crippen LogP contribution in [0.4, 0.5) is 0 Å². The van der Waals surface area contributed by atoms with Crippen molar-refractivity contribution < 1.29 is 23.9 Å². The van der Waals surface area contributed by atoms with Gasteiger partial charge in [0.25, 0.3) is 0 Å². The van der Waals surface area contributed by atoms with E-state index < -0.39 is 23.3 Å². The van der Waals surface area contributed by atoms with Crippen LogP contribution in [-0.2, 0) is 14.9 Å². The molecule has 0 aliphatic carbocycles. The molecule has 0 N–H and O–H groups in total. The maximum Gasteiger partial charge on any atom is 0.342 e. The lowest BCUT2D eigenvalue weighted by atomic mass is 10.1. The van der Waals surface area contributed by atoms with Crippen molar-refractivity contribution in [3.05, 3.63) is 21.9 Å². The monoisotopic (exact) mass is 416 g/mol. The highest BCUT2D eigenvalue weighted by molar-refractivity contribution is 9.08. The summed E-state index contributed by atoms with van der Waals surface area (Å²) in [6.07, 6.45) is 1.09. The summed E-state index contributed by atoms with van der Waals surface area (Å²) >= 11 is 3.16. The van der Waals surface area contributed by atoms with Gasteiger partial charge in [0.05, 0.1) is 12.3 Å². The molecule has 0 atom stereocenters. The van der Waals surface area contributed by atoms with Crippen molar-refractivity contribution in [3.8, 4) is 0 Å². The molecule has 0 bridgehead atoms. The van der Waals surface area contributed by atoms with Gasteiger partial charge in [0.15, 0.2) is 5.78 Å². The molecule has 8 nitrogen and oxygen atoms in total. The van der Waals surface area contributed by atoms with Crippen LogP contribution in [0.5, 0.6) is 0 Å². The molecular weight excluding hydrogens is 396 g/mol. The zero-order valence-electron chi connectivity index (χ0n) is 14.5. The molecule has 0 spiro atoms. The van der Waals surface area contributed by atoms with E-state index in [0.717, 1.165) is 16.1 Å². The molecule has 1 heterocycles. The number of halogens is 1. The van der Waals surface area contributed by atoms with Gasteiger partial charge in [0, 0.05) is 32.0 Å². The number of imidazole rings is 1. The third-order valence-electron chi connectivity index (χ3n) is 3.51. The predicted molar refractivity (Wildman–Crippen MR) is 93.4 cm³/mol. The van der Waals surface area contributed by atoms with Crippen LogP contribution in [-0.4, -0.2) is 39.3 Å². The molecule has 138 valence electrons. The van der Waals surface area contributed by atoms with Crippen LogP contribution in [0.3, 0.4) is 0 Å². The molecule has 0 radical (unpaired) electrons. The lowest BCUT2D eigenvalue weighted by Gasteiger charge is -2.06. The quantitative estimate of drug-likeness (QED) is 0.278. The Hall–Kier alpha value is -2.03. The third kappa shape index (κ3) is 4.97. The summed E-state index contributed by atoms with van der Waals surface area (Å²) in [6, 6.07) is 0. The van der Waals surface area contributed by atoms with Crippen LogP contribution in [0, 0.1) is 0 Å². The third-order valence-corrected chi connectivity index (χ3v) is 4.04. The summed E-state index contributed by atoms with van der Waals surface area (Å²) in [7, 11) is 0. The van der Waals surface area contributed by atoms with Crippen molar-refractivity contribution in [2.75, 3.05) is 6.61 Å². The average molecular weight is 417 g/mol. The van der Waals surface area contributed by atoms with Crippen LogP contribution >= 0.6 is 15.9 Å². The normalized spacial score (nSPS) is 10.6. The van der Waals surface area contributed by atoms with Gasteiger partial charge in [-0.05, 0) is 19.8 Å². The average Bonchev–Trinajstić information content (AvgIpc) is 2.84.